The van der Waals surface area contributed by atoms with Crippen LogP contribution in [-0.2, 0) is 6.54 Å². The lowest BCUT2D eigenvalue weighted by Gasteiger charge is -2.16. The summed E-state index contributed by atoms with van der Waals surface area (Å²) in [6.07, 6.45) is 6.46. The first kappa shape index (κ1) is 10.6. The predicted octanol–water partition coefficient (Wildman–Crippen LogP) is 0.999. The van der Waals surface area contributed by atoms with Gasteiger partial charge < -0.3 is 15.2 Å². The van der Waals surface area contributed by atoms with Crippen LogP contribution in [0.3, 0.4) is 0 Å². The van der Waals surface area contributed by atoms with Gasteiger partial charge in [0.05, 0.1) is 12.0 Å². The summed E-state index contributed by atoms with van der Waals surface area (Å²) in [5, 5.41) is 0. The van der Waals surface area contributed by atoms with Gasteiger partial charge in [0.1, 0.15) is 0 Å². The molecule has 2 N–H and O–H groups in total. The maximum absolute atomic E-state index is 5.87. The zero-order valence-electron chi connectivity index (χ0n) is 9.39. The van der Waals surface area contributed by atoms with Gasteiger partial charge in [-0.1, -0.05) is 0 Å². The van der Waals surface area contributed by atoms with E-state index >= 15 is 0 Å². The summed E-state index contributed by atoms with van der Waals surface area (Å²) in [5.74, 6) is 0. The van der Waals surface area contributed by atoms with Gasteiger partial charge in [-0.3, -0.25) is 0 Å². The molecule has 1 saturated heterocycles. The smallest absolute Gasteiger partial charge is 0.0949 e. The molecule has 0 saturated carbocycles. The number of rotatable bonds is 4. The van der Waals surface area contributed by atoms with Crippen LogP contribution in [0.1, 0.15) is 31.5 Å². The lowest BCUT2D eigenvalue weighted by molar-refractivity contribution is 0.320. The fraction of sp³-hybridized carbons (Fsp3) is 0.727. The van der Waals surface area contributed by atoms with Crippen molar-refractivity contribution in [2.75, 3.05) is 19.6 Å². The van der Waals surface area contributed by atoms with Crippen molar-refractivity contribution in [3.05, 3.63) is 18.2 Å². The molecule has 1 aliphatic rings. The number of nitrogens with zero attached hydrogens (tertiary/aromatic N) is 3. The molecule has 0 radical (unpaired) electrons. The van der Waals surface area contributed by atoms with Crippen molar-refractivity contribution in [1.29, 1.82) is 0 Å². The molecule has 15 heavy (non-hydrogen) atoms. The van der Waals surface area contributed by atoms with Crippen molar-refractivity contribution in [3.8, 4) is 0 Å². The second-order valence-corrected chi connectivity index (χ2v) is 4.35. The number of nitrogens with two attached hydrogens (primary N) is 1. The van der Waals surface area contributed by atoms with Crippen LogP contribution in [-0.4, -0.2) is 34.1 Å². The first-order valence-corrected chi connectivity index (χ1v) is 5.75. The van der Waals surface area contributed by atoms with Gasteiger partial charge in [-0.15, -0.1) is 0 Å². The molecule has 4 heteroatoms. The van der Waals surface area contributed by atoms with E-state index < -0.39 is 0 Å². The molecule has 84 valence electrons. The highest BCUT2D eigenvalue weighted by Gasteiger charge is 2.12. The van der Waals surface area contributed by atoms with E-state index in [1.54, 1.807) is 0 Å². The molecule has 1 aromatic heterocycles. The number of aromatic nitrogens is 2. The molecule has 1 fully saturated rings. The molecule has 0 aromatic carbocycles. The SMILES string of the molecule is C[C@H](N)c1cncn1CCN1CCCC1. The average molecular weight is 208 g/mol. The molecule has 1 aliphatic heterocycles. The summed E-state index contributed by atoms with van der Waals surface area (Å²) in [4.78, 5) is 6.66. The Hall–Kier alpha value is -0.870. The van der Waals surface area contributed by atoms with Crippen LogP contribution in [0.25, 0.3) is 0 Å². The minimum Gasteiger partial charge on any atom is -0.332 e. The van der Waals surface area contributed by atoms with Crippen molar-refractivity contribution in [1.82, 2.24) is 14.5 Å². The highest BCUT2D eigenvalue weighted by molar-refractivity contribution is 5.03. The molecule has 1 aromatic rings. The Morgan fingerprint density at radius 3 is 2.80 bits per heavy atom. The number of hydrogen-bond acceptors (Lipinski definition) is 3. The number of hydrogen-bond donors (Lipinski definition) is 1. The second-order valence-electron chi connectivity index (χ2n) is 4.35. The third-order valence-electron chi connectivity index (χ3n) is 3.07. The molecule has 0 aliphatic carbocycles. The Balaban J connectivity index is 1.89. The standard InChI is InChI=1S/C11H20N4/c1-10(12)11-8-13-9-15(11)7-6-14-4-2-3-5-14/h8-10H,2-7,12H2,1H3/t10-/m0/s1. The van der Waals surface area contributed by atoms with Crippen molar-refractivity contribution < 1.29 is 0 Å². The van der Waals surface area contributed by atoms with Crippen LogP contribution >= 0.6 is 0 Å². The molecule has 0 bridgehead atoms. The Bertz CT molecular complexity index is 299. The van der Waals surface area contributed by atoms with Crippen LogP contribution in [0.15, 0.2) is 12.5 Å². The highest BCUT2D eigenvalue weighted by Crippen LogP contribution is 2.10. The Kier molecular flexibility index (Phi) is 3.38. The Morgan fingerprint density at radius 1 is 1.40 bits per heavy atom. The first-order valence-electron chi connectivity index (χ1n) is 5.75. The molecule has 4 nitrogen and oxygen atoms in total. The summed E-state index contributed by atoms with van der Waals surface area (Å²) >= 11 is 0. The quantitative estimate of drug-likeness (QED) is 0.803. The van der Waals surface area contributed by atoms with Gasteiger partial charge in [-0.25, -0.2) is 4.98 Å². The monoisotopic (exact) mass is 208 g/mol. The van der Waals surface area contributed by atoms with Crippen LogP contribution in [0.5, 0.6) is 0 Å². The van der Waals surface area contributed by atoms with E-state index in [1.807, 2.05) is 19.4 Å². The third-order valence-corrected chi connectivity index (χ3v) is 3.07. The van der Waals surface area contributed by atoms with Crippen LogP contribution in [0.2, 0.25) is 0 Å². The third kappa shape index (κ3) is 2.58. The van der Waals surface area contributed by atoms with E-state index in [0.717, 1.165) is 18.8 Å². The number of imidazole rings is 1. The van der Waals surface area contributed by atoms with E-state index in [1.165, 1.54) is 25.9 Å². The minimum atomic E-state index is 0.0751. The topological polar surface area (TPSA) is 47.1 Å². The average Bonchev–Trinajstić information content (AvgIpc) is 2.86. The minimum absolute atomic E-state index is 0.0751. The normalized spacial score (nSPS) is 19.6. The fourth-order valence-corrected chi connectivity index (χ4v) is 2.15. The van der Waals surface area contributed by atoms with Crippen LogP contribution < -0.4 is 5.73 Å². The summed E-state index contributed by atoms with van der Waals surface area (Å²) in [5.41, 5.74) is 7.00. The molecular weight excluding hydrogens is 188 g/mol. The van der Waals surface area contributed by atoms with Gasteiger partial charge in [-0.05, 0) is 32.9 Å². The van der Waals surface area contributed by atoms with Crippen molar-refractivity contribution in [2.45, 2.75) is 32.4 Å². The van der Waals surface area contributed by atoms with Gasteiger partial charge >= 0.3 is 0 Å². The number of likely N-dealkylation sites (tertiary alicyclic amines) is 1. The Morgan fingerprint density at radius 2 is 2.13 bits per heavy atom. The Labute approximate surface area is 91.1 Å². The zero-order chi connectivity index (χ0) is 10.7. The summed E-state index contributed by atoms with van der Waals surface area (Å²) in [6.45, 7) is 6.64. The maximum Gasteiger partial charge on any atom is 0.0949 e. The van der Waals surface area contributed by atoms with E-state index in [4.69, 9.17) is 5.73 Å². The maximum atomic E-state index is 5.87. The summed E-state index contributed by atoms with van der Waals surface area (Å²) < 4.78 is 2.17. The van der Waals surface area contributed by atoms with E-state index in [2.05, 4.69) is 14.5 Å². The van der Waals surface area contributed by atoms with Gasteiger partial charge in [0.15, 0.2) is 0 Å². The van der Waals surface area contributed by atoms with Gasteiger partial charge in [0.2, 0.25) is 0 Å². The second kappa shape index (κ2) is 4.77. The summed E-state index contributed by atoms with van der Waals surface area (Å²) in [6, 6.07) is 0.0751. The molecule has 2 rings (SSSR count). The lowest BCUT2D eigenvalue weighted by Crippen LogP contribution is -2.25. The van der Waals surface area contributed by atoms with Gasteiger partial charge in [-0.2, -0.15) is 0 Å². The highest BCUT2D eigenvalue weighted by atomic mass is 15.2. The molecule has 0 amide bonds. The van der Waals surface area contributed by atoms with E-state index in [-0.39, 0.29) is 6.04 Å². The van der Waals surface area contributed by atoms with Crippen LogP contribution in [0.4, 0.5) is 0 Å². The zero-order valence-corrected chi connectivity index (χ0v) is 9.39. The van der Waals surface area contributed by atoms with Crippen molar-refractivity contribution >= 4 is 0 Å². The molecular formula is C11H20N4. The van der Waals surface area contributed by atoms with E-state index in [9.17, 15) is 0 Å². The predicted molar refractivity (Wildman–Crippen MR) is 60.5 cm³/mol. The van der Waals surface area contributed by atoms with E-state index in [0.29, 0.717) is 0 Å². The lowest BCUT2D eigenvalue weighted by atomic mass is 10.3. The fourth-order valence-electron chi connectivity index (χ4n) is 2.15. The molecule has 0 spiro atoms. The summed E-state index contributed by atoms with van der Waals surface area (Å²) in [7, 11) is 0. The molecule has 0 unspecified atom stereocenters. The largest absolute Gasteiger partial charge is 0.332 e. The van der Waals surface area contributed by atoms with Crippen LogP contribution in [0, 0.1) is 0 Å². The molecule has 2 heterocycles. The van der Waals surface area contributed by atoms with Crippen molar-refractivity contribution in [2.24, 2.45) is 5.73 Å². The first-order chi connectivity index (χ1) is 7.27. The van der Waals surface area contributed by atoms with Gasteiger partial charge in [0.25, 0.3) is 0 Å². The molecule has 1 atom stereocenters. The van der Waals surface area contributed by atoms with Crippen molar-refractivity contribution in [3.63, 3.8) is 0 Å². The van der Waals surface area contributed by atoms with Gasteiger partial charge in [0, 0.05) is 25.3 Å².